The molecule has 2 aliphatic heterocycles. The molecule has 31 heavy (non-hydrogen) atoms. The summed E-state index contributed by atoms with van der Waals surface area (Å²) >= 11 is 0. The molecule has 0 bridgehead atoms. The van der Waals surface area contributed by atoms with E-state index in [0.29, 0.717) is 36.6 Å². The number of hydrogen-bond acceptors (Lipinski definition) is 6. The van der Waals surface area contributed by atoms with Gasteiger partial charge in [0.15, 0.2) is 5.69 Å². The first-order valence-electron chi connectivity index (χ1n) is 10.2. The lowest BCUT2D eigenvalue weighted by Crippen LogP contribution is -2.54. The van der Waals surface area contributed by atoms with Crippen molar-refractivity contribution >= 4 is 17.5 Å². The van der Waals surface area contributed by atoms with Crippen molar-refractivity contribution in [2.75, 3.05) is 25.1 Å². The largest absolute Gasteiger partial charge is 0.489 e. The Morgan fingerprint density at radius 1 is 1.19 bits per heavy atom. The van der Waals surface area contributed by atoms with Gasteiger partial charge in [0.05, 0.1) is 24.1 Å². The van der Waals surface area contributed by atoms with Crippen LogP contribution in [0.25, 0.3) is 0 Å². The lowest BCUT2D eigenvalue weighted by atomic mass is 10.0. The first-order valence-corrected chi connectivity index (χ1v) is 10.2. The van der Waals surface area contributed by atoms with Crippen molar-refractivity contribution in [2.24, 2.45) is 0 Å². The van der Waals surface area contributed by atoms with Crippen molar-refractivity contribution in [3.05, 3.63) is 65.5 Å². The maximum atomic E-state index is 13.4. The Morgan fingerprint density at radius 2 is 2.03 bits per heavy atom. The predicted molar refractivity (Wildman–Crippen MR) is 112 cm³/mol. The van der Waals surface area contributed by atoms with E-state index in [9.17, 15) is 9.59 Å². The second kappa shape index (κ2) is 7.50. The first-order chi connectivity index (χ1) is 15.0. The summed E-state index contributed by atoms with van der Waals surface area (Å²) in [6.45, 7) is 2.94. The number of amides is 2. The number of carbonyl (C=O) groups excluding carboxylic acids is 2. The number of anilines is 1. The molecule has 1 aromatic carbocycles. The minimum Gasteiger partial charge on any atom is -0.489 e. The number of ether oxygens (including phenoxy) is 1. The summed E-state index contributed by atoms with van der Waals surface area (Å²) in [5.41, 5.74) is 3.71. The fourth-order valence-corrected chi connectivity index (χ4v) is 4.20. The van der Waals surface area contributed by atoms with Gasteiger partial charge in [0.25, 0.3) is 11.8 Å². The van der Waals surface area contributed by atoms with Crippen molar-refractivity contribution in [1.29, 1.82) is 0 Å². The van der Waals surface area contributed by atoms with E-state index < -0.39 is 6.04 Å². The summed E-state index contributed by atoms with van der Waals surface area (Å²) in [6.07, 6.45) is 5.57. The highest BCUT2D eigenvalue weighted by atomic mass is 16.5. The molecule has 0 spiro atoms. The number of likely N-dealkylation sites (N-methyl/N-ethyl adjacent to an activating group) is 1. The van der Waals surface area contributed by atoms with Gasteiger partial charge in [-0.3, -0.25) is 24.2 Å². The van der Waals surface area contributed by atoms with Crippen LogP contribution >= 0.6 is 0 Å². The summed E-state index contributed by atoms with van der Waals surface area (Å²) in [7, 11) is 1.71. The highest BCUT2D eigenvalue weighted by Gasteiger charge is 2.40. The molecule has 0 radical (unpaired) electrons. The van der Waals surface area contributed by atoms with E-state index in [1.165, 1.54) is 0 Å². The lowest BCUT2D eigenvalue weighted by Gasteiger charge is -2.33. The Bertz CT molecular complexity index is 1160. The monoisotopic (exact) mass is 418 g/mol. The average Bonchev–Trinajstić information content (AvgIpc) is 3.05. The van der Waals surface area contributed by atoms with E-state index in [1.54, 1.807) is 40.1 Å². The summed E-state index contributed by atoms with van der Waals surface area (Å²) in [6, 6.07) is 6.68. The summed E-state index contributed by atoms with van der Waals surface area (Å²) in [5.74, 6) is 0.219. The quantitative estimate of drug-likeness (QED) is 0.639. The topological polar surface area (TPSA) is 93.4 Å². The number of benzene rings is 1. The normalized spacial score (nSPS) is 18.3. The fraction of sp³-hybridized carbons (Fsp3) is 0.318. The maximum Gasteiger partial charge on any atom is 0.275 e. The Kier molecular flexibility index (Phi) is 4.65. The zero-order chi connectivity index (χ0) is 21.5. The molecule has 9 heteroatoms. The second-order valence-electron chi connectivity index (χ2n) is 7.71. The zero-order valence-corrected chi connectivity index (χ0v) is 17.4. The molecule has 0 aliphatic carbocycles. The van der Waals surface area contributed by atoms with Crippen LogP contribution in [0.15, 0.2) is 42.9 Å². The van der Waals surface area contributed by atoms with Gasteiger partial charge in [0.1, 0.15) is 18.4 Å². The predicted octanol–water partition coefficient (Wildman–Crippen LogP) is 1.45. The molecule has 4 heterocycles. The molecule has 0 N–H and O–H groups in total. The molecule has 2 aliphatic rings. The third kappa shape index (κ3) is 3.22. The molecule has 0 unspecified atom stereocenters. The Balaban J connectivity index is 1.42. The van der Waals surface area contributed by atoms with Crippen LogP contribution in [-0.4, -0.2) is 62.7 Å². The van der Waals surface area contributed by atoms with Crippen molar-refractivity contribution in [3.8, 4) is 5.75 Å². The van der Waals surface area contributed by atoms with Crippen molar-refractivity contribution in [3.63, 3.8) is 0 Å². The van der Waals surface area contributed by atoms with Crippen LogP contribution in [0.1, 0.15) is 27.4 Å². The molecule has 1 atom stereocenters. The molecule has 0 saturated heterocycles. The molecule has 0 saturated carbocycles. The standard InChI is InChI=1S/C22H22N6O3/c1-14-16-7-10-27(18-13-31-19-6-4-3-5-17(19)26(2)21(18)29)22(30)20(16)25-28(14)12-15-11-23-8-9-24-15/h3-6,8-9,11,18H,7,10,12-13H2,1-2H3/t18-/m0/s1. The minimum atomic E-state index is -0.705. The van der Waals surface area contributed by atoms with Crippen LogP contribution < -0.4 is 9.64 Å². The van der Waals surface area contributed by atoms with Crippen LogP contribution in [0.3, 0.4) is 0 Å². The molecule has 3 aromatic rings. The number of para-hydroxylation sites is 2. The van der Waals surface area contributed by atoms with Gasteiger partial charge in [-0.15, -0.1) is 0 Å². The van der Waals surface area contributed by atoms with Gasteiger partial charge in [0, 0.05) is 37.2 Å². The summed E-state index contributed by atoms with van der Waals surface area (Å²) in [4.78, 5) is 38.1. The number of fused-ring (bicyclic) bond motifs is 2. The van der Waals surface area contributed by atoms with E-state index >= 15 is 0 Å². The average molecular weight is 418 g/mol. The molecule has 2 amide bonds. The van der Waals surface area contributed by atoms with Gasteiger partial charge in [0.2, 0.25) is 0 Å². The van der Waals surface area contributed by atoms with Gasteiger partial charge in [-0.05, 0) is 25.5 Å². The van der Waals surface area contributed by atoms with E-state index in [-0.39, 0.29) is 18.4 Å². The molecule has 158 valence electrons. The first kappa shape index (κ1) is 19.2. The molecule has 9 nitrogen and oxygen atoms in total. The third-order valence-corrected chi connectivity index (χ3v) is 5.94. The van der Waals surface area contributed by atoms with Crippen molar-refractivity contribution < 1.29 is 14.3 Å². The lowest BCUT2D eigenvalue weighted by molar-refractivity contribution is -0.123. The van der Waals surface area contributed by atoms with Crippen LogP contribution in [0.4, 0.5) is 5.69 Å². The zero-order valence-electron chi connectivity index (χ0n) is 17.4. The summed E-state index contributed by atoms with van der Waals surface area (Å²) in [5, 5.41) is 4.57. The van der Waals surface area contributed by atoms with Gasteiger partial charge < -0.3 is 14.5 Å². The fourth-order valence-electron chi connectivity index (χ4n) is 4.20. The molecular formula is C22H22N6O3. The third-order valence-electron chi connectivity index (χ3n) is 5.94. The SMILES string of the molecule is Cc1c2c(nn1Cc1cnccn1)C(=O)N([C@H]1COc3ccccc3N(C)C1=O)CC2. The molecule has 5 rings (SSSR count). The molecule has 2 aromatic heterocycles. The Labute approximate surface area is 179 Å². The van der Waals surface area contributed by atoms with Crippen LogP contribution in [0.2, 0.25) is 0 Å². The number of rotatable bonds is 3. The van der Waals surface area contributed by atoms with Gasteiger partial charge in [-0.25, -0.2) is 0 Å². The number of carbonyl (C=O) groups is 2. The Morgan fingerprint density at radius 3 is 2.84 bits per heavy atom. The van der Waals surface area contributed by atoms with E-state index in [1.807, 2.05) is 31.2 Å². The van der Waals surface area contributed by atoms with Gasteiger partial charge in [-0.1, -0.05) is 12.1 Å². The van der Waals surface area contributed by atoms with Crippen LogP contribution in [0, 0.1) is 6.92 Å². The summed E-state index contributed by atoms with van der Waals surface area (Å²) < 4.78 is 7.68. The van der Waals surface area contributed by atoms with Crippen LogP contribution in [0.5, 0.6) is 5.75 Å². The van der Waals surface area contributed by atoms with Gasteiger partial charge in [-0.2, -0.15) is 5.10 Å². The van der Waals surface area contributed by atoms with E-state index in [4.69, 9.17) is 4.74 Å². The van der Waals surface area contributed by atoms with E-state index in [2.05, 4.69) is 15.1 Å². The number of nitrogens with zero attached hydrogens (tertiary/aromatic N) is 6. The molecular weight excluding hydrogens is 396 g/mol. The molecule has 0 fully saturated rings. The van der Waals surface area contributed by atoms with Gasteiger partial charge >= 0.3 is 0 Å². The highest BCUT2D eigenvalue weighted by Crippen LogP contribution is 2.32. The smallest absolute Gasteiger partial charge is 0.275 e. The maximum absolute atomic E-state index is 13.4. The second-order valence-corrected chi connectivity index (χ2v) is 7.71. The van der Waals surface area contributed by atoms with Crippen molar-refractivity contribution in [1.82, 2.24) is 24.6 Å². The van der Waals surface area contributed by atoms with Crippen molar-refractivity contribution in [2.45, 2.75) is 25.9 Å². The Hall–Kier alpha value is -3.75. The van der Waals surface area contributed by atoms with E-state index in [0.717, 1.165) is 17.0 Å². The number of aromatic nitrogens is 4. The highest BCUT2D eigenvalue weighted by molar-refractivity contribution is 6.03. The van der Waals surface area contributed by atoms with Crippen LogP contribution in [-0.2, 0) is 17.8 Å². The number of hydrogen-bond donors (Lipinski definition) is 0. The minimum absolute atomic E-state index is 0.112.